The normalized spacial score (nSPS) is 10.8. The van der Waals surface area contributed by atoms with Crippen molar-refractivity contribution in [1.29, 1.82) is 5.26 Å². The second kappa shape index (κ2) is 4.56. The summed E-state index contributed by atoms with van der Waals surface area (Å²) in [5, 5.41) is 13.9. The number of hydrogen-bond acceptors (Lipinski definition) is 3. The Morgan fingerprint density at radius 3 is 2.81 bits per heavy atom. The maximum absolute atomic E-state index is 14.3. The van der Waals surface area contributed by atoms with Gasteiger partial charge in [-0.05, 0) is 25.1 Å². The van der Waals surface area contributed by atoms with Crippen molar-refractivity contribution in [3.8, 4) is 17.2 Å². The molecule has 104 valence electrons. The minimum absolute atomic E-state index is 0.0963. The van der Waals surface area contributed by atoms with Gasteiger partial charge in [-0.25, -0.2) is 4.39 Å². The fourth-order valence-corrected chi connectivity index (χ4v) is 2.39. The van der Waals surface area contributed by atoms with Crippen molar-refractivity contribution >= 4 is 10.9 Å². The van der Waals surface area contributed by atoms with Gasteiger partial charge in [-0.15, -0.1) is 0 Å². The number of hydrogen-bond donors (Lipinski definition) is 1. The van der Waals surface area contributed by atoms with Crippen LogP contribution in [0.5, 0.6) is 0 Å². The maximum atomic E-state index is 14.3. The van der Waals surface area contributed by atoms with Crippen molar-refractivity contribution in [3.05, 3.63) is 51.8 Å². The second-order valence-electron chi connectivity index (χ2n) is 4.84. The Hall–Kier alpha value is -2.94. The van der Waals surface area contributed by atoms with Gasteiger partial charge in [-0.1, -0.05) is 0 Å². The summed E-state index contributed by atoms with van der Waals surface area (Å²) in [7, 11) is 1.75. The fourth-order valence-electron chi connectivity index (χ4n) is 2.39. The van der Waals surface area contributed by atoms with E-state index in [1.165, 1.54) is 6.07 Å². The number of benzene rings is 1. The van der Waals surface area contributed by atoms with Gasteiger partial charge in [0.05, 0.1) is 11.7 Å². The topological polar surface area (TPSA) is 74.5 Å². The number of pyridine rings is 1. The lowest BCUT2D eigenvalue weighted by molar-refractivity contribution is 0.633. The first-order chi connectivity index (χ1) is 10.0. The van der Waals surface area contributed by atoms with Gasteiger partial charge in [0.25, 0.3) is 5.56 Å². The predicted octanol–water partition coefficient (Wildman–Crippen LogP) is 2.25. The van der Waals surface area contributed by atoms with Crippen LogP contribution in [0.2, 0.25) is 0 Å². The molecule has 6 heteroatoms. The van der Waals surface area contributed by atoms with Crippen molar-refractivity contribution in [1.82, 2.24) is 14.8 Å². The molecule has 2 heterocycles. The number of nitriles is 1. The summed E-state index contributed by atoms with van der Waals surface area (Å²) in [6.45, 7) is 1.69. The van der Waals surface area contributed by atoms with E-state index in [4.69, 9.17) is 5.26 Å². The highest BCUT2D eigenvalue weighted by Crippen LogP contribution is 2.29. The number of nitrogens with zero attached hydrogens (tertiary/aromatic N) is 3. The van der Waals surface area contributed by atoms with Crippen LogP contribution >= 0.6 is 0 Å². The molecule has 5 nitrogen and oxygen atoms in total. The molecule has 0 fully saturated rings. The summed E-state index contributed by atoms with van der Waals surface area (Å²) >= 11 is 0. The van der Waals surface area contributed by atoms with Gasteiger partial charge in [-0.3, -0.25) is 9.48 Å². The lowest BCUT2D eigenvalue weighted by Crippen LogP contribution is -2.13. The molecule has 0 saturated carbocycles. The van der Waals surface area contributed by atoms with Crippen molar-refractivity contribution in [2.24, 2.45) is 7.05 Å². The molecular weight excluding hydrogens is 271 g/mol. The van der Waals surface area contributed by atoms with Gasteiger partial charge in [0, 0.05) is 29.3 Å². The van der Waals surface area contributed by atoms with Crippen molar-refractivity contribution in [2.45, 2.75) is 6.92 Å². The average molecular weight is 282 g/mol. The summed E-state index contributed by atoms with van der Waals surface area (Å²) in [4.78, 5) is 14.4. The lowest BCUT2D eigenvalue weighted by Gasteiger charge is -2.07. The third kappa shape index (κ3) is 1.99. The quantitative estimate of drug-likeness (QED) is 0.743. The molecular formula is C15H11FN4O. The van der Waals surface area contributed by atoms with E-state index in [0.717, 1.165) is 5.52 Å². The van der Waals surface area contributed by atoms with Crippen LogP contribution in [-0.4, -0.2) is 14.8 Å². The molecule has 0 aliphatic carbocycles. The first-order valence-electron chi connectivity index (χ1n) is 6.27. The molecule has 0 amide bonds. The first kappa shape index (κ1) is 13.1. The molecule has 0 bridgehead atoms. The SMILES string of the molecule is Cc1cc(-c2cc3c(cnn3C)cc2F)c(C#N)c(=O)[nH]1. The van der Waals surface area contributed by atoms with Gasteiger partial charge >= 0.3 is 0 Å². The zero-order chi connectivity index (χ0) is 15.1. The molecule has 0 unspecified atom stereocenters. The molecule has 3 aromatic rings. The zero-order valence-electron chi connectivity index (χ0n) is 11.4. The van der Waals surface area contributed by atoms with Crippen LogP contribution < -0.4 is 5.56 Å². The Morgan fingerprint density at radius 2 is 2.10 bits per heavy atom. The summed E-state index contributed by atoms with van der Waals surface area (Å²) in [5.41, 5.74) is 1.20. The third-order valence-electron chi connectivity index (χ3n) is 3.40. The Bertz CT molecular complexity index is 962. The number of nitrogens with one attached hydrogen (secondary N) is 1. The van der Waals surface area contributed by atoms with Crippen LogP contribution in [-0.2, 0) is 7.05 Å². The van der Waals surface area contributed by atoms with Gasteiger partial charge in [0.15, 0.2) is 0 Å². The average Bonchev–Trinajstić information content (AvgIpc) is 2.78. The number of rotatable bonds is 1. The molecule has 2 aromatic heterocycles. The van der Waals surface area contributed by atoms with Crippen molar-refractivity contribution in [2.75, 3.05) is 0 Å². The first-order valence-corrected chi connectivity index (χ1v) is 6.27. The Balaban J connectivity index is 2.40. The van der Waals surface area contributed by atoms with E-state index < -0.39 is 11.4 Å². The van der Waals surface area contributed by atoms with Crippen LogP contribution in [0.4, 0.5) is 4.39 Å². The molecule has 0 saturated heterocycles. The molecule has 0 radical (unpaired) electrons. The molecule has 0 aliphatic rings. The smallest absolute Gasteiger partial charge is 0.266 e. The second-order valence-corrected chi connectivity index (χ2v) is 4.84. The minimum Gasteiger partial charge on any atom is -0.325 e. The number of fused-ring (bicyclic) bond motifs is 1. The molecule has 1 aromatic carbocycles. The number of halogens is 1. The Labute approximate surface area is 119 Å². The van der Waals surface area contributed by atoms with Gasteiger partial charge in [-0.2, -0.15) is 10.4 Å². The minimum atomic E-state index is -0.517. The highest BCUT2D eigenvalue weighted by molar-refractivity contribution is 5.86. The zero-order valence-corrected chi connectivity index (χ0v) is 11.4. The number of aromatic amines is 1. The highest BCUT2D eigenvalue weighted by atomic mass is 19.1. The third-order valence-corrected chi connectivity index (χ3v) is 3.40. The Morgan fingerprint density at radius 1 is 1.33 bits per heavy atom. The highest BCUT2D eigenvalue weighted by Gasteiger charge is 2.16. The lowest BCUT2D eigenvalue weighted by atomic mass is 9.99. The fraction of sp³-hybridized carbons (Fsp3) is 0.133. The molecule has 0 aliphatic heterocycles. The summed E-state index contributed by atoms with van der Waals surface area (Å²) in [6, 6.07) is 6.40. The van der Waals surface area contributed by atoms with E-state index in [1.807, 2.05) is 6.07 Å². The van der Waals surface area contributed by atoms with Gasteiger partial charge in [0.1, 0.15) is 17.4 Å². The van der Waals surface area contributed by atoms with E-state index in [9.17, 15) is 9.18 Å². The number of aromatic nitrogens is 3. The van der Waals surface area contributed by atoms with Crippen LogP contribution in [0.3, 0.4) is 0 Å². The van der Waals surface area contributed by atoms with Crippen LogP contribution in [0.25, 0.3) is 22.0 Å². The van der Waals surface area contributed by atoms with E-state index in [-0.39, 0.29) is 11.1 Å². The number of H-pyrrole nitrogens is 1. The summed E-state index contributed by atoms with van der Waals surface area (Å²) in [6.07, 6.45) is 1.57. The summed E-state index contributed by atoms with van der Waals surface area (Å²) in [5.74, 6) is -0.489. The molecule has 0 atom stereocenters. The van der Waals surface area contributed by atoms with E-state index >= 15 is 0 Å². The number of aryl methyl sites for hydroxylation is 2. The van der Waals surface area contributed by atoms with E-state index in [0.29, 0.717) is 16.6 Å². The Kier molecular flexibility index (Phi) is 2.84. The largest absolute Gasteiger partial charge is 0.325 e. The summed E-state index contributed by atoms with van der Waals surface area (Å²) < 4.78 is 16.0. The van der Waals surface area contributed by atoms with Crippen LogP contribution in [0.1, 0.15) is 11.3 Å². The maximum Gasteiger partial charge on any atom is 0.266 e. The van der Waals surface area contributed by atoms with Crippen LogP contribution in [0, 0.1) is 24.1 Å². The van der Waals surface area contributed by atoms with Crippen molar-refractivity contribution < 1.29 is 4.39 Å². The van der Waals surface area contributed by atoms with Gasteiger partial charge in [0.2, 0.25) is 0 Å². The van der Waals surface area contributed by atoms with E-state index in [2.05, 4.69) is 10.1 Å². The molecule has 3 rings (SSSR count). The molecule has 1 N–H and O–H groups in total. The van der Waals surface area contributed by atoms with Crippen molar-refractivity contribution in [3.63, 3.8) is 0 Å². The standard InChI is InChI=1S/C15H11FN4O/c1-8-3-10(12(6-17)15(21)19-8)11-5-14-9(4-13(11)16)7-18-20(14)2/h3-5,7H,1-2H3,(H,19,21). The molecule has 21 heavy (non-hydrogen) atoms. The van der Waals surface area contributed by atoms with Crippen LogP contribution in [0.15, 0.2) is 29.2 Å². The van der Waals surface area contributed by atoms with E-state index in [1.54, 1.807) is 37.0 Å². The van der Waals surface area contributed by atoms with Gasteiger partial charge < -0.3 is 4.98 Å². The molecule has 0 spiro atoms. The predicted molar refractivity (Wildman–Crippen MR) is 76.2 cm³/mol. The monoisotopic (exact) mass is 282 g/mol.